The highest BCUT2D eigenvalue weighted by Gasteiger charge is 2.16. The Hall–Kier alpha value is -1.72. The van der Waals surface area contributed by atoms with Crippen molar-refractivity contribution in [3.05, 3.63) is 35.6 Å². The summed E-state index contributed by atoms with van der Waals surface area (Å²) in [7, 11) is 0. The Morgan fingerprint density at radius 1 is 1.00 bits per heavy atom. The summed E-state index contributed by atoms with van der Waals surface area (Å²) in [5.41, 5.74) is 0.932. The molecule has 0 spiro atoms. The summed E-state index contributed by atoms with van der Waals surface area (Å²) in [4.78, 5) is 14.9. The van der Waals surface area contributed by atoms with Gasteiger partial charge < -0.3 is 9.64 Å². The van der Waals surface area contributed by atoms with Crippen LogP contribution in [-0.4, -0.2) is 41.3 Å². The smallest absolute Gasteiger partial charge is 0.230 e. The van der Waals surface area contributed by atoms with Crippen LogP contribution in [0.15, 0.2) is 30.3 Å². The van der Waals surface area contributed by atoms with Gasteiger partial charge in [0.05, 0.1) is 13.2 Å². The molecule has 0 N–H and O–H groups in total. The molecule has 1 saturated heterocycles. The number of ether oxygens (including phenoxy) is 1. The van der Waals surface area contributed by atoms with Crippen LogP contribution in [0, 0.1) is 0 Å². The van der Waals surface area contributed by atoms with Gasteiger partial charge in [0.15, 0.2) is 5.82 Å². The van der Waals surface area contributed by atoms with Crippen molar-refractivity contribution < 1.29 is 4.74 Å². The maximum Gasteiger partial charge on any atom is 0.230 e. The van der Waals surface area contributed by atoms with Crippen LogP contribution in [0.5, 0.6) is 0 Å². The van der Waals surface area contributed by atoms with E-state index < -0.39 is 0 Å². The zero-order valence-electron chi connectivity index (χ0n) is 10.3. The first-order valence-electron chi connectivity index (χ1n) is 6.12. The zero-order valence-corrected chi connectivity index (χ0v) is 11.0. The highest BCUT2D eigenvalue weighted by Crippen LogP contribution is 2.19. The van der Waals surface area contributed by atoms with E-state index in [0.29, 0.717) is 25.0 Å². The van der Waals surface area contributed by atoms with Gasteiger partial charge in [-0.05, 0) is 11.6 Å². The van der Waals surface area contributed by atoms with Gasteiger partial charge in [-0.1, -0.05) is 30.3 Å². The fraction of sp³-hybridized carbons (Fsp3) is 0.308. The first kappa shape index (κ1) is 12.3. The molecule has 0 saturated carbocycles. The average molecular weight is 277 g/mol. The summed E-state index contributed by atoms with van der Waals surface area (Å²) < 4.78 is 5.32. The summed E-state index contributed by atoms with van der Waals surface area (Å²) >= 11 is 6.00. The zero-order chi connectivity index (χ0) is 13.1. The Morgan fingerprint density at radius 3 is 2.47 bits per heavy atom. The van der Waals surface area contributed by atoms with Crippen molar-refractivity contribution in [2.24, 2.45) is 0 Å². The third kappa shape index (κ3) is 2.83. The lowest BCUT2D eigenvalue weighted by atomic mass is 10.2. The topological polar surface area (TPSA) is 51.1 Å². The van der Waals surface area contributed by atoms with Crippen LogP contribution in [0.1, 0.15) is 0 Å². The number of hydrogen-bond acceptors (Lipinski definition) is 5. The molecule has 98 valence electrons. The van der Waals surface area contributed by atoms with E-state index in [0.717, 1.165) is 18.7 Å². The largest absolute Gasteiger partial charge is 0.378 e. The Balaban J connectivity index is 1.96. The maximum absolute atomic E-state index is 6.00. The third-order valence-corrected chi connectivity index (χ3v) is 3.09. The highest BCUT2D eigenvalue weighted by molar-refractivity contribution is 6.28. The minimum atomic E-state index is 0.218. The first-order chi connectivity index (χ1) is 9.33. The molecule has 5 nitrogen and oxygen atoms in total. The first-order valence-corrected chi connectivity index (χ1v) is 6.50. The lowest BCUT2D eigenvalue weighted by Crippen LogP contribution is -2.37. The molecule has 0 aliphatic carbocycles. The van der Waals surface area contributed by atoms with E-state index in [1.54, 1.807) is 0 Å². The summed E-state index contributed by atoms with van der Waals surface area (Å²) in [6, 6.07) is 9.75. The van der Waals surface area contributed by atoms with Crippen molar-refractivity contribution in [2.45, 2.75) is 0 Å². The van der Waals surface area contributed by atoms with Crippen LogP contribution >= 0.6 is 11.6 Å². The molecule has 1 aliphatic rings. The molecular formula is C13H13ClN4O. The second kappa shape index (κ2) is 5.50. The third-order valence-electron chi connectivity index (χ3n) is 2.92. The number of benzene rings is 1. The normalized spacial score (nSPS) is 15.5. The lowest BCUT2D eigenvalue weighted by molar-refractivity contribution is 0.122. The Bertz CT molecular complexity index is 558. The van der Waals surface area contributed by atoms with Crippen molar-refractivity contribution in [3.63, 3.8) is 0 Å². The monoisotopic (exact) mass is 276 g/mol. The lowest BCUT2D eigenvalue weighted by Gasteiger charge is -2.26. The minimum Gasteiger partial charge on any atom is -0.378 e. The van der Waals surface area contributed by atoms with E-state index in [2.05, 4.69) is 19.9 Å². The van der Waals surface area contributed by atoms with Crippen molar-refractivity contribution in [1.29, 1.82) is 0 Å². The Morgan fingerprint density at radius 2 is 1.74 bits per heavy atom. The molecule has 0 bridgehead atoms. The molecule has 0 radical (unpaired) electrons. The van der Waals surface area contributed by atoms with Crippen molar-refractivity contribution in [1.82, 2.24) is 15.0 Å². The average Bonchev–Trinajstić information content (AvgIpc) is 2.48. The molecule has 2 aromatic rings. The maximum atomic E-state index is 6.00. The van der Waals surface area contributed by atoms with Crippen LogP contribution in [0.4, 0.5) is 5.95 Å². The molecule has 6 heteroatoms. The Labute approximate surface area is 116 Å². The number of rotatable bonds is 2. The molecular weight excluding hydrogens is 264 g/mol. The molecule has 3 rings (SSSR count). The second-order valence-corrected chi connectivity index (χ2v) is 4.53. The molecule has 0 amide bonds. The summed E-state index contributed by atoms with van der Waals surface area (Å²) in [5, 5.41) is 0.218. The number of aromatic nitrogens is 3. The van der Waals surface area contributed by atoms with E-state index in [1.165, 1.54) is 0 Å². The molecule has 1 fully saturated rings. The van der Waals surface area contributed by atoms with Gasteiger partial charge in [0, 0.05) is 18.7 Å². The summed E-state index contributed by atoms with van der Waals surface area (Å²) in [5.74, 6) is 1.21. The van der Waals surface area contributed by atoms with Gasteiger partial charge in [0.1, 0.15) is 0 Å². The molecule has 19 heavy (non-hydrogen) atoms. The van der Waals surface area contributed by atoms with Crippen LogP contribution < -0.4 is 4.90 Å². The molecule has 1 aromatic carbocycles. The van der Waals surface area contributed by atoms with Gasteiger partial charge in [-0.3, -0.25) is 0 Å². The van der Waals surface area contributed by atoms with Crippen LogP contribution in [0.3, 0.4) is 0 Å². The Kier molecular flexibility index (Phi) is 3.57. The fourth-order valence-electron chi connectivity index (χ4n) is 1.96. The van der Waals surface area contributed by atoms with E-state index in [4.69, 9.17) is 16.3 Å². The van der Waals surface area contributed by atoms with Gasteiger partial charge in [-0.15, -0.1) is 0 Å². The van der Waals surface area contributed by atoms with Crippen molar-refractivity contribution in [3.8, 4) is 11.4 Å². The minimum absolute atomic E-state index is 0.218. The van der Waals surface area contributed by atoms with E-state index in [1.807, 2.05) is 30.3 Å². The molecule has 1 aromatic heterocycles. The summed E-state index contributed by atoms with van der Waals surface area (Å²) in [6.07, 6.45) is 0. The predicted octanol–water partition coefficient (Wildman–Crippen LogP) is 2.03. The van der Waals surface area contributed by atoms with Crippen LogP contribution in [0.25, 0.3) is 11.4 Å². The number of nitrogens with zero attached hydrogens (tertiary/aromatic N) is 4. The van der Waals surface area contributed by atoms with Crippen LogP contribution in [-0.2, 0) is 4.74 Å². The van der Waals surface area contributed by atoms with Crippen molar-refractivity contribution >= 4 is 17.5 Å². The van der Waals surface area contributed by atoms with Crippen LogP contribution in [0.2, 0.25) is 5.28 Å². The molecule has 2 heterocycles. The highest BCUT2D eigenvalue weighted by atomic mass is 35.5. The van der Waals surface area contributed by atoms with E-state index >= 15 is 0 Å². The molecule has 0 unspecified atom stereocenters. The fourth-order valence-corrected chi connectivity index (χ4v) is 2.12. The quantitative estimate of drug-likeness (QED) is 0.840. The number of halogens is 1. The van der Waals surface area contributed by atoms with E-state index in [9.17, 15) is 0 Å². The van der Waals surface area contributed by atoms with Gasteiger partial charge in [0.25, 0.3) is 0 Å². The van der Waals surface area contributed by atoms with Crippen molar-refractivity contribution in [2.75, 3.05) is 31.2 Å². The predicted molar refractivity (Wildman–Crippen MR) is 73.3 cm³/mol. The molecule has 1 aliphatic heterocycles. The van der Waals surface area contributed by atoms with E-state index in [-0.39, 0.29) is 5.28 Å². The number of morpholine rings is 1. The molecule has 0 atom stereocenters. The number of anilines is 1. The SMILES string of the molecule is Clc1nc(-c2ccccc2)nc(N2CCOCC2)n1. The second-order valence-electron chi connectivity index (χ2n) is 4.19. The van der Waals surface area contributed by atoms with Gasteiger partial charge in [0.2, 0.25) is 11.2 Å². The number of hydrogen-bond donors (Lipinski definition) is 0. The van der Waals surface area contributed by atoms with Gasteiger partial charge in [-0.2, -0.15) is 15.0 Å². The summed E-state index contributed by atoms with van der Waals surface area (Å²) in [6.45, 7) is 2.91. The van der Waals surface area contributed by atoms with Gasteiger partial charge >= 0.3 is 0 Å². The standard InChI is InChI=1S/C13H13ClN4O/c14-12-15-11(10-4-2-1-3-5-10)16-13(17-12)18-6-8-19-9-7-18/h1-5H,6-9H2. The van der Waals surface area contributed by atoms with Gasteiger partial charge in [-0.25, -0.2) is 0 Å².